The highest BCUT2D eigenvalue weighted by Gasteiger charge is 2.07. The van der Waals surface area contributed by atoms with Crippen molar-refractivity contribution in [3.05, 3.63) is 53.6 Å². The van der Waals surface area contributed by atoms with Gasteiger partial charge in [0, 0.05) is 12.0 Å². The van der Waals surface area contributed by atoms with Crippen LogP contribution in [0.15, 0.2) is 42.5 Å². The Morgan fingerprint density at radius 3 is 2.30 bits per heavy atom. The zero-order valence-corrected chi connectivity index (χ0v) is 14.0. The van der Waals surface area contributed by atoms with E-state index in [0.717, 1.165) is 42.7 Å². The maximum Gasteiger partial charge on any atom is 0.126 e. The molecule has 124 valence electrons. The summed E-state index contributed by atoms with van der Waals surface area (Å²) < 4.78 is 11.7. The summed E-state index contributed by atoms with van der Waals surface area (Å²) in [7, 11) is 0. The summed E-state index contributed by atoms with van der Waals surface area (Å²) in [5.74, 6) is 2.04. The second-order valence-corrected chi connectivity index (χ2v) is 5.52. The Bertz CT molecular complexity index is 608. The molecule has 0 unspecified atom stereocenters. The predicted octanol–water partition coefficient (Wildman–Crippen LogP) is 4.76. The molecule has 0 radical (unpaired) electrons. The molecule has 0 atom stereocenters. The summed E-state index contributed by atoms with van der Waals surface area (Å²) in [6, 6.07) is 13.6. The molecule has 1 N–H and O–H groups in total. The molecular weight excluding hydrogens is 288 g/mol. The average Bonchev–Trinajstić information content (AvgIpc) is 2.56. The number of hydrogen-bond donors (Lipinski definition) is 1. The first-order valence-corrected chi connectivity index (χ1v) is 8.40. The number of benzene rings is 2. The molecule has 0 aliphatic heterocycles. The highest BCUT2D eigenvalue weighted by molar-refractivity contribution is 5.43. The fourth-order valence-corrected chi connectivity index (χ4v) is 2.59. The van der Waals surface area contributed by atoms with E-state index in [9.17, 15) is 5.11 Å². The van der Waals surface area contributed by atoms with Gasteiger partial charge in [-0.05, 0) is 36.6 Å². The fourth-order valence-electron chi connectivity index (χ4n) is 2.59. The van der Waals surface area contributed by atoms with E-state index in [-0.39, 0.29) is 0 Å². The summed E-state index contributed by atoms with van der Waals surface area (Å²) in [5.41, 5.74) is 2.12. The smallest absolute Gasteiger partial charge is 0.126 e. The second kappa shape index (κ2) is 9.09. The Labute approximate surface area is 138 Å². The average molecular weight is 314 g/mol. The summed E-state index contributed by atoms with van der Waals surface area (Å²) in [4.78, 5) is 0. The minimum Gasteiger partial charge on any atom is -0.508 e. The van der Waals surface area contributed by atoms with Gasteiger partial charge in [-0.2, -0.15) is 0 Å². The first-order chi connectivity index (χ1) is 11.3. The summed E-state index contributed by atoms with van der Waals surface area (Å²) in [6.45, 7) is 5.38. The third-order valence-electron chi connectivity index (χ3n) is 3.76. The largest absolute Gasteiger partial charge is 0.508 e. The number of aromatic hydroxyl groups is 1. The molecule has 3 nitrogen and oxygen atoms in total. The first kappa shape index (κ1) is 17.2. The normalized spacial score (nSPS) is 10.5. The Morgan fingerprint density at radius 1 is 0.870 bits per heavy atom. The van der Waals surface area contributed by atoms with Gasteiger partial charge in [0.15, 0.2) is 0 Å². The van der Waals surface area contributed by atoms with Crippen molar-refractivity contribution in [1.29, 1.82) is 0 Å². The van der Waals surface area contributed by atoms with Gasteiger partial charge in [-0.15, -0.1) is 0 Å². The molecular formula is C20H26O3. The quantitative estimate of drug-likeness (QED) is 0.679. The molecule has 0 spiro atoms. The molecule has 2 aromatic carbocycles. The summed E-state index contributed by atoms with van der Waals surface area (Å²) in [6.07, 6.45) is 3.71. The lowest BCUT2D eigenvalue weighted by Crippen LogP contribution is -2.07. The van der Waals surface area contributed by atoms with Gasteiger partial charge in [0.25, 0.3) is 0 Å². The topological polar surface area (TPSA) is 38.7 Å². The van der Waals surface area contributed by atoms with Gasteiger partial charge in [0.05, 0.1) is 13.2 Å². The molecule has 0 aliphatic carbocycles. The van der Waals surface area contributed by atoms with E-state index >= 15 is 0 Å². The van der Waals surface area contributed by atoms with Crippen LogP contribution in [0.3, 0.4) is 0 Å². The maximum absolute atomic E-state index is 9.82. The zero-order valence-electron chi connectivity index (χ0n) is 14.0. The van der Waals surface area contributed by atoms with E-state index < -0.39 is 0 Å². The van der Waals surface area contributed by atoms with Crippen molar-refractivity contribution in [3.8, 4) is 17.2 Å². The molecule has 23 heavy (non-hydrogen) atoms. The van der Waals surface area contributed by atoms with Gasteiger partial charge in [0.1, 0.15) is 17.2 Å². The van der Waals surface area contributed by atoms with E-state index in [0.29, 0.717) is 19.0 Å². The van der Waals surface area contributed by atoms with Crippen LogP contribution in [0.5, 0.6) is 17.2 Å². The van der Waals surface area contributed by atoms with Crippen LogP contribution in [0, 0.1) is 0 Å². The predicted molar refractivity (Wildman–Crippen MR) is 93.5 cm³/mol. The highest BCUT2D eigenvalue weighted by atomic mass is 16.5. The Morgan fingerprint density at radius 2 is 1.57 bits per heavy atom. The van der Waals surface area contributed by atoms with E-state index in [1.165, 1.54) is 5.56 Å². The van der Waals surface area contributed by atoms with Gasteiger partial charge >= 0.3 is 0 Å². The molecule has 2 aromatic rings. The van der Waals surface area contributed by atoms with Crippen LogP contribution < -0.4 is 9.47 Å². The lowest BCUT2D eigenvalue weighted by molar-refractivity contribution is 0.244. The number of rotatable bonds is 9. The van der Waals surface area contributed by atoms with Crippen molar-refractivity contribution in [3.63, 3.8) is 0 Å². The van der Waals surface area contributed by atoms with Crippen LogP contribution in [0.25, 0.3) is 0 Å². The van der Waals surface area contributed by atoms with Crippen molar-refractivity contribution >= 4 is 0 Å². The van der Waals surface area contributed by atoms with E-state index in [2.05, 4.69) is 19.1 Å². The SMILES string of the molecule is CCCc1ccccc1OCCCOc1cccc(O)c1CC. The number of phenols is 1. The molecule has 0 aromatic heterocycles. The molecule has 0 bridgehead atoms. The maximum atomic E-state index is 9.82. The van der Waals surface area contributed by atoms with Gasteiger partial charge in [0.2, 0.25) is 0 Å². The standard InChI is InChI=1S/C20H26O3/c1-3-9-16-10-5-6-12-19(16)22-14-8-15-23-20-13-7-11-18(21)17(20)4-2/h5-7,10-13,21H,3-4,8-9,14-15H2,1-2H3. The lowest BCUT2D eigenvalue weighted by Gasteiger charge is -2.13. The van der Waals surface area contributed by atoms with Crippen LogP contribution >= 0.6 is 0 Å². The summed E-state index contributed by atoms with van der Waals surface area (Å²) in [5, 5.41) is 9.82. The Hall–Kier alpha value is -2.16. The van der Waals surface area contributed by atoms with Crippen molar-refractivity contribution in [2.24, 2.45) is 0 Å². The van der Waals surface area contributed by atoms with Gasteiger partial charge in [-0.25, -0.2) is 0 Å². The lowest BCUT2D eigenvalue weighted by atomic mass is 10.1. The van der Waals surface area contributed by atoms with Crippen LogP contribution in [-0.4, -0.2) is 18.3 Å². The fraction of sp³-hybridized carbons (Fsp3) is 0.400. The van der Waals surface area contributed by atoms with Crippen molar-refractivity contribution < 1.29 is 14.6 Å². The van der Waals surface area contributed by atoms with Crippen molar-refractivity contribution in [2.75, 3.05) is 13.2 Å². The minimum absolute atomic E-state index is 0.301. The van der Waals surface area contributed by atoms with Crippen LogP contribution in [0.2, 0.25) is 0 Å². The summed E-state index contributed by atoms with van der Waals surface area (Å²) >= 11 is 0. The van der Waals surface area contributed by atoms with Crippen molar-refractivity contribution in [2.45, 2.75) is 39.5 Å². The number of para-hydroxylation sites is 1. The van der Waals surface area contributed by atoms with Crippen molar-refractivity contribution in [1.82, 2.24) is 0 Å². The molecule has 0 amide bonds. The number of hydrogen-bond acceptors (Lipinski definition) is 3. The van der Waals surface area contributed by atoms with Gasteiger partial charge in [-0.1, -0.05) is 44.5 Å². The zero-order chi connectivity index (χ0) is 16.5. The third-order valence-corrected chi connectivity index (χ3v) is 3.76. The molecule has 2 rings (SSSR count). The second-order valence-electron chi connectivity index (χ2n) is 5.52. The number of aryl methyl sites for hydroxylation is 1. The van der Waals surface area contributed by atoms with E-state index in [1.54, 1.807) is 12.1 Å². The molecule has 3 heteroatoms. The monoisotopic (exact) mass is 314 g/mol. The van der Waals surface area contributed by atoms with E-state index in [4.69, 9.17) is 9.47 Å². The molecule has 0 heterocycles. The Balaban J connectivity index is 1.80. The highest BCUT2D eigenvalue weighted by Crippen LogP contribution is 2.28. The van der Waals surface area contributed by atoms with Crippen LogP contribution in [0.4, 0.5) is 0 Å². The van der Waals surface area contributed by atoms with Crippen LogP contribution in [-0.2, 0) is 12.8 Å². The minimum atomic E-state index is 0.301. The van der Waals surface area contributed by atoms with Crippen LogP contribution in [0.1, 0.15) is 37.8 Å². The number of ether oxygens (including phenoxy) is 2. The van der Waals surface area contributed by atoms with Gasteiger partial charge in [-0.3, -0.25) is 0 Å². The molecule has 0 fully saturated rings. The van der Waals surface area contributed by atoms with E-state index in [1.807, 2.05) is 25.1 Å². The molecule has 0 aliphatic rings. The number of phenolic OH excluding ortho intramolecular Hbond substituents is 1. The third kappa shape index (κ3) is 4.92. The Kier molecular flexibility index (Phi) is 6.79. The van der Waals surface area contributed by atoms with Gasteiger partial charge < -0.3 is 14.6 Å². The molecule has 0 saturated carbocycles. The molecule has 0 saturated heterocycles. The first-order valence-electron chi connectivity index (χ1n) is 8.40.